The normalized spacial score (nSPS) is 17.2. The summed E-state index contributed by atoms with van der Waals surface area (Å²) in [5.74, 6) is 0. The third-order valence-electron chi connectivity index (χ3n) is 8.08. The predicted octanol–water partition coefficient (Wildman–Crippen LogP) is 5.68. The van der Waals surface area contributed by atoms with Crippen LogP contribution in [-0.2, 0) is 64.0 Å². The van der Waals surface area contributed by atoms with Crippen LogP contribution in [0.25, 0.3) is 21.5 Å². The lowest BCUT2D eigenvalue weighted by molar-refractivity contribution is 0.00822. The molecule has 2 aliphatic heterocycles. The van der Waals surface area contributed by atoms with E-state index in [1.165, 1.54) is 43.8 Å². The molecule has 6 rings (SSSR count). The summed E-state index contributed by atoms with van der Waals surface area (Å²) >= 11 is 0. The molecule has 2 fully saturated rings. The van der Waals surface area contributed by atoms with Crippen molar-refractivity contribution < 1.29 is 37.9 Å². The number of hydrogen-bond donors (Lipinski definition) is 0. The molecule has 0 N–H and O–H groups in total. The number of ether oxygens (including phenoxy) is 8. The van der Waals surface area contributed by atoms with E-state index in [0.717, 1.165) is 26.1 Å². The lowest BCUT2D eigenvalue weighted by atomic mass is 9.98. The standard InChI is InChI=1S/C38H46O8/c1(29-3-7-35-21-31(5-9-33(35)19-29)23-41-15-11-39-13-17-43-25-37-27-45-37)2-30-4-8-36-22-32(6-10-34(36)20-30)24-42-16-12-40-14-18-44-26-38-28-46-38/h3-10,19-22,37-38H,1-2,11-18,23-28H2. The number of epoxide rings is 2. The molecule has 2 atom stereocenters. The van der Waals surface area contributed by atoms with Crippen molar-refractivity contribution in [3.8, 4) is 0 Å². The van der Waals surface area contributed by atoms with Crippen LogP contribution in [0.5, 0.6) is 0 Å². The smallest absolute Gasteiger partial charge is 0.104 e. The van der Waals surface area contributed by atoms with Gasteiger partial charge in [0.25, 0.3) is 0 Å². The minimum absolute atomic E-state index is 0.302. The van der Waals surface area contributed by atoms with Crippen molar-refractivity contribution in [1.29, 1.82) is 0 Å². The first-order chi connectivity index (χ1) is 22.8. The van der Waals surface area contributed by atoms with Gasteiger partial charge in [-0.1, -0.05) is 60.7 Å². The fraction of sp³-hybridized carbons (Fsp3) is 0.474. The van der Waals surface area contributed by atoms with Gasteiger partial charge in [0.2, 0.25) is 0 Å². The van der Waals surface area contributed by atoms with Crippen LogP contribution in [-0.4, -0.2) is 91.5 Å². The summed E-state index contributed by atoms with van der Waals surface area (Å²) < 4.78 is 43.9. The maximum absolute atomic E-state index is 5.82. The van der Waals surface area contributed by atoms with Gasteiger partial charge in [-0.15, -0.1) is 0 Å². The van der Waals surface area contributed by atoms with Gasteiger partial charge in [-0.25, -0.2) is 0 Å². The maximum atomic E-state index is 5.82. The SMILES string of the molecule is c1cc2cc(COCCOCCOCC3CO3)ccc2cc1CCc1ccc2cc(COCCOCCOCC3CO3)ccc2c1. The number of hydrogen-bond acceptors (Lipinski definition) is 8. The van der Waals surface area contributed by atoms with Gasteiger partial charge in [0, 0.05) is 0 Å². The van der Waals surface area contributed by atoms with Crippen LogP contribution in [0, 0.1) is 0 Å². The van der Waals surface area contributed by atoms with Gasteiger partial charge in [-0.2, -0.15) is 0 Å². The zero-order valence-electron chi connectivity index (χ0n) is 26.7. The topological polar surface area (TPSA) is 80.4 Å². The third kappa shape index (κ3) is 11.4. The summed E-state index contributed by atoms with van der Waals surface area (Å²) in [6.07, 6.45) is 2.61. The molecule has 0 saturated carbocycles. The van der Waals surface area contributed by atoms with Gasteiger partial charge in [-0.05, 0) is 68.8 Å². The Hall–Kier alpha value is -2.92. The van der Waals surface area contributed by atoms with Gasteiger partial charge >= 0.3 is 0 Å². The molecule has 0 aromatic heterocycles. The van der Waals surface area contributed by atoms with Crippen LogP contribution in [0.3, 0.4) is 0 Å². The Morgan fingerprint density at radius 2 is 0.739 bits per heavy atom. The molecule has 8 nitrogen and oxygen atoms in total. The summed E-state index contributed by atoms with van der Waals surface area (Å²) in [7, 11) is 0. The first kappa shape index (κ1) is 33.0. The van der Waals surface area contributed by atoms with Crippen LogP contribution in [0.15, 0.2) is 72.8 Å². The number of fused-ring (bicyclic) bond motifs is 2. The Bertz CT molecular complexity index is 1390. The van der Waals surface area contributed by atoms with Crippen LogP contribution in [0.2, 0.25) is 0 Å². The van der Waals surface area contributed by atoms with Crippen molar-refractivity contribution in [3.05, 3.63) is 95.1 Å². The largest absolute Gasteiger partial charge is 0.377 e. The Balaban J connectivity index is 0.872. The van der Waals surface area contributed by atoms with Crippen LogP contribution < -0.4 is 0 Å². The van der Waals surface area contributed by atoms with Gasteiger partial charge in [0.1, 0.15) is 12.2 Å². The van der Waals surface area contributed by atoms with Crippen molar-refractivity contribution in [2.75, 3.05) is 79.3 Å². The van der Waals surface area contributed by atoms with Crippen LogP contribution in [0.1, 0.15) is 22.3 Å². The van der Waals surface area contributed by atoms with Gasteiger partial charge in [0.05, 0.1) is 92.5 Å². The van der Waals surface area contributed by atoms with Gasteiger partial charge in [0.15, 0.2) is 0 Å². The number of rotatable bonds is 23. The van der Waals surface area contributed by atoms with E-state index < -0.39 is 0 Å². The Morgan fingerprint density at radius 3 is 1.13 bits per heavy atom. The minimum Gasteiger partial charge on any atom is -0.377 e. The molecule has 2 unspecified atom stereocenters. The highest BCUT2D eigenvalue weighted by atomic mass is 16.6. The Morgan fingerprint density at radius 1 is 0.413 bits per heavy atom. The second-order valence-electron chi connectivity index (χ2n) is 11.9. The van der Waals surface area contributed by atoms with Gasteiger partial charge < -0.3 is 37.9 Å². The number of aryl methyl sites for hydroxylation is 2. The fourth-order valence-corrected chi connectivity index (χ4v) is 5.28. The quantitative estimate of drug-likeness (QED) is 0.0766. The zero-order valence-corrected chi connectivity index (χ0v) is 26.7. The van der Waals surface area contributed by atoms with Crippen molar-refractivity contribution in [3.63, 3.8) is 0 Å². The van der Waals surface area contributed by atoms with E-state index in [9.17, 15) is 0 Å². The summed E-state index contributed by atoms with van der Waals surface area (Å²) in [6, 6.07) is 26.7. The van der Waals surface area contributed by atoms with E-state index in [1.54, 1.807) is 0 Å². The van der Waals surface area contributed by atoms with E-state index >= 15 is 0 Å². The predicted molar refractivity (Wildman–Crippen MR) is 177 cm³/mol. The molecule has 0 radical (unpaired) electrons. The summed E-state index contributed by atoms with van der Waals surface area (Å²) in [6.45, 7) is 8.76. The van der Waals surface area contributed by atoms with Crippen molar-refractivity contribution in [2.24, 2.45) is 0 Å². The van der Waals surface area contributed by atoms with E-state index in [2.05, 4.69) is 72.8 Å². The molecular weight excluding hydrogens is 584 g/mol. The van der Waals surface area contributed by atoms with E-state index in [0.29, 0.717) is 91.5 Å². The maximum Gasteiger partial charge on any atom is 0.104 e. The molecule has 0 spiro atoms. The Kier molecular flexibility index (Phi) is 12.8. The van der Waals surface area contributed by atoms with Crippen molar-refractivity contribution >= 4 is 21.5 Å². The van der Waals surface area contributed by atoms with Crippen molar-refractivity contribution in [2.45, 2.75) is 38.3 Å². The average Bonchev–Trinajstić information content (AvgIpc) is 4.02. The van der Waals surface area contributed by atoms with E-state index in [-0.39, 0.29) is 0 Å². The first-order valence-electron chi connectivity index (χ1n) is 16.5. The molecule has 0 aliphatic carbocycles. The monoisotopic (exact) mass is 630 g/mol. The van der Waals surface area contributed by atoms with Crippen LogP contribution >= 0.6 is 0 Å². The van der Waals surface area contributed by atoms with E-state index in [1.807, 2.05) is 0 Å². The lowest BCUT2D eigenvalue weighted by Crippen LogP contribution is -2.11. The molecule has 4 aromatic rings. The molecule has 0 amide bonds. The highest BCUT2D eigenvalue weighted by Crippen LogP contribution is 2.22. The van der Waals surface area contributed by atoms with Crippen LogP contribution in [0.4, 0.5) is 0 Å². The first-order valence-corrected chi connectivity index (χ1v) is 16.5. The highest BCUT2D eigenvalue weighted by Gasteiger charge is 2.22. The zero-order chi connectivity index (χ0) is 31.2. The summed E-state index contributed by atoms with van der Waals surface area (Å²) in [5, 5.41) is 4.99. The lowest BCUT2D eigenvalue weighted by Gasteiger charge is -2.09. The fourth-order valence-electron chi connectivity index (χ4n) is 5.28. The summed E-state index contributed by atoms with van der Waals surface area (Å²) in [4.78, 5) is 0. The molecule has 4 aromatic carbocycles. The van der Waals surface area contributed by atoms with E-state index in [4.69, 9.17) is 37.9 Å². The second-order valence-corrected chi connectivity index (χ2v) is 11.9. The number of benzene rings is 4. The molecular formula is C38H46O8. The minimum atomic E-state index is 0.302. The summed E-state index contributed by atoms with van der Waals surface area (Å²) in [5.41, 5.74) is 5.03. The third-order valence-corrected chi connectivity index (χ3v) is 8.08. The average molecular weight is 631 g/mol. The molecule has 246 valence electrons. The second kappa shape index (κ2) is 17.8. The molecule has 2 saturated heterocycles. The molecule has 2 aliphatic rings. The molecule has 8 heteroatoms. The molecule has 46 heavy (non-hydrogen) atoms. The Labute approximate surface area is 271 Å². The van der Waals surface area contributed by atoms with Crippen molar-refractivity contribution in [1.82, 2.24) is 0 Å². The molecule has 0 bridgehead atoms. The van der Waals surface area contributed by atoms with Gasteiger partial charge in [-0.3, -0.25) is 0 Å². The molecule has 2 heterocycles. The highest BCUT2D eigenvalue weighted by molar-refractivity contribution is 5.84.